The molecule has 4 heteroatoms. The maximum Gasteiger partial charge on any atom is 0.416 e. The fourth-order valence-corrected chi connectivity index (χ4v) is 1.53. The molecule has 1 aromatic rings. The van der Waals surface area contributed by atoms with E-state index in [0.29, 0.717) is 0 Å². The topological polar surface area (TPSA) is 12.0 Å². The molecule has 0 aliphatic heterocycles. The molecule has 0 aliphatic carbocycles. The maximum absolute atomic E-state index is 12.3. The highest BCUT2D eigenvalue weighted by molar-refractivity contribution is 5.26. The van der Waals surface area contributed by atoms with Crippen LogP contribution in [0.2, 0.25) is 0 Å². The summed E-state index contributed by atoms with van der Waals surface area (Å²) in [5.74, 6) is 0.273. The lowest BCUT2D eigenvalue weighted by molar-refractivity contribution is -0.137. The van der Waals surface area contributed by atoms with Crippen molar-refractivity contribution < 1.29 is 13.2 Å². The van der Waals surface area contributed by atoms with Gasteiger partial charge in [0.05, 0.1) is 5.56 Å². The van der Waals surface area contributed by atoms with E-state index in [4.69, 9.17) is 0 Å². The molecule has 0 spiro atoms. The summed E-state index contributed by atoms with van der Waals surface area (Å²) in [4.78, 5) is 0. The van der Waals surface area contributed by atoms with Crippen molar-refractivity contribution in [1.82, 2.24) is 5.32 Å². The third-order valence-electron chi connectivity index (χ3n) is 2.63. The van der Waals surface area contributed by atoms with Crippen LogP contribution in [0.4, 0.5) is 13.2 Å². The molecule has 0 bridgehead atoms. The van der Waals surface area contributed by atoms with Crippen LogP contribution in [0.1, 0.15) is 30.4 Å². The summed E-state index contributed by atoms with van der Waals surface area (Å²) in [7, 11) is 1.86. The Bertz CT molecular complexity index is 316. The molecule has 0 radical (unpaired) electrons. The summed E-state index contributed by atoms with van der Waals surface area (Å²) < 4.78 is 36.9. The largest absolute Gasteiger partial charge is 0.416 e. The van der Waals surface area contributed by atoms with Gasteiger partial charge in [0.15, 0.2) is 0 Å². The van der Waals surface area contributed by atoms with Crippen LogP contribution in [0.25, 0.3) is 0 Å². The molecule has 0 saturated heterocycles. The maximum atomic E-state index is 12.3. The Kier molecular flexibility index (Phi) is 4.35. The van der Waals surface area contributed by atoms with Crippen LogP contribution in [0.15, 0.2) is 24.3 Å². The first kappa shape index (κ1) is 13.0. The molecule has 0 heterocycles. The Hall–Kier alpha value is -1.03. The molecule has 90 valence electrons. The second-order valence-corrected chi connectivity index (χ2v) is 3.91. The second kappa shape index (κ2) is 5.34. The third-order valence-corrected chi connectivity index (χ3v) is 2.63. The van der Waals surface area contributed by atoms with E-state index in [2.05, 4.69) is 5.32 Å². The summed E-state index contributed by atoms with van der Waals surface area (Å²) in [5, 5.41) is 3.02. The van der Waals surface area contributed by atoms with E-state index in [9.17, 15) is 13.2 Å². The van der Waals surface area contributed by atoms with Crippen molar-refractivity contribution in [2.45, 2.75) is 25.4 Å². The summed E-state index contributed by atoms with van der Waals surface area (Å²) in [6.45, 7) is 2.88. The molecule has 1 aromatic carbocycles. The lowest BCUT2D eigenvalue weighted by Crippen LogP contribution is -2.11. The SMILES string of the molecule is CNCCC(C)c1ccc(C(F)(F)F)cc1. The normalized spacial score (nSPS) is 13.8. The Morgan fingerprint density at radius 2 is 1.75 bits per heavy atom. The summed E-state index contributed by atoms with van der Waals surface area (Å²) in [6.07, 6.45) is -3.32. The zero-order chi connectivity index (χ0) is 12.2. The van der Waals surface area contributed by atoms with Crippen LogP contribution in [0.5, 0.6) is 0 Å². The highest BCUT2D eigenvalue weighted by Gasteiger charge is 2.30. The van der Waals surface area contributed by atoms with E-state index < -0.39 is 11.7 Å². The van der Waals surface area contributed by atoms with Gasteiger partial charge in [0.1, 0.15) is 0 Å². The van der Waals surface area contributed by atoms with Crippen molar-refractivity contribution in [1.29, 1.82) is 0 Å². The molecule has 0 fully saturated rings. The van der Waals surface area contributed by atoms with Crippen LogP contribution in [-0.4, -0.2) is 13.6 Å². The average Bonchev–Trinajstić information content (AvgIpc) is 2.25. The molecule has 0 aliphatic rings. The molecule has 0 saturated carbocycles. The average molecular weight is 231 g/mol. The van der Waals surface area contributed by atoms with Gasteiger partial charge in [-0.05, 0) is 43.6 Å². The van der Waals surface area contributed by atoms with Gasteiger partial charge < -0.3 is 5.32 Å². The molecular weight excluding hydrogens is 215 g/mol. The van der Waals surface area contributed by atoms with Gasteiger partial charge in [-0.1, -0.05) is 19.1 Å². The van der Waals surface area contributed by atoms with E-state index in [1.165, 1.54) is 0 Å². The number of hydrogen-bond donors (Lipinski definition) is 1. The molecule has 1 rings (SSSR count). The fraction of sp³-hybridized carbons (Fsp3) is 0.500. The fourth-order valence-electron chi connectivity index (χ4n) is 1.53. The smallest absolute Gasteiger partial charge is 0.320 e. The molecule has 1 atom stereocenters. The Balaban J connectivity index is 2.71. The van der Waals surface area contributed by atoms with E-state index in [1.807, 2.05) is 14.0 Å². The monoisotopic (exact) mass is 231 g/mol. The van der Waals surface area contributed by atoms with Crippen LogP contribution in [0, 0.1) is 0 Å². The summed E-state index contributed by atoms with van der Waals surface area (Å²) in [6, 6.07) is 5.41. The first-order valence-corrected chi connectivity index (χ1v) is 5.27. The molecule has 0 aromatic heterocycles. The quantitative estimate of drug-likeness (QED) is 0.837. The van der Waals surface area contributed by atoms with Gasteiger partial charge in [-0.3, -0.25) is 0 Å². The minimum atomic E-state index is -4.24. The van der Waals surface area contributed by atoms with E-state index in [-0.39, 0.29) is 5.92 Å². The van der Waals surface area contributed by atoms with E-state index >= 15 is 0 Å². The molecule has 0 amide bonds. The van der Waals surface area contributed by atoms with Gasteiger partial charge in [-0.15, -0.1) is 0 Å². The van der Waals surface area contributed by atoms with Gasteiger partial charge >= 0.3 is 6.18 Å². The van der Waals surface area contributed by atoms with Gasteiger partial charge in [0, 0.05) is 0 Å². The third kappa shape index (κ3) is 3.52. The van der Waals surface area contributed by atoms with Crippen molar-refractivity contribution in [2.24, 2.45) is 0 Å². The second-order valence-electron chi connectivity index (χ2n) is 3.91. The Labute approximate surface area is 93.7 Å². The predicted molar refractivity (Wildman–Crippen MR) is 58.4 cm³/mol. The van der Waals surface area contributed by atoms with Crippen molar-refractivity contribution >= 4 is 0 Å². The first-order valence-electron chi connectivity index (χ1n) is 5.27. The van der Waals surface area contributed by atoms with Crippen molar-refractivity contribution in [3.8, 4) is 0 Å². The molecule has 1 N–H and O–H groups in total. The predicted octanol–water partition coefficient (Wildman–Crippen LogP) is 3.42. The summed E-state index contributed by atoms with van der Waals surface area (Å²) in [5.41, 5.74) is 0.361. The highest BCUT2D eigenvalue weighted by Crippen LogP contribution is 2.30. The lowest BCUT2D eigenvalue weighted by Gasteiger charge is -2.13. The number of hydrogen-bond acceptors (Lipinski definition) is 1. The Morgan fingerprint density at radius 3 is 2.19 bits per heavy atom. The van der Waals surface area contributed by atoms with Crippen molar-refractivity contribution in [3.63, 3.8) is 0 Å². The number of nitrogens with one attached hydrogen (secondary N) is 1. The van der Waals surface area contributed by atoms with Crippen molar-refractivity contribution in [3.05, 3.63) is 35.4 Å². The minimum absolute atomic E-state index is 0.273. The van der Waals surface area contributed by atoms with E-state index in [1.54, 1.807) is 12.1 Å². The number of alkyl halides is 3. The zero-order valence-electron chi connectivity index (χ0n) is 9.43. The Morgan fingerprint density at radius 1 is 1.19 bits per heavy atom. The van der Waals surface area contributed by atoms with E-state index in [0.717, 1.165) is 30.7 Å². The molecule has 1 unspecified atom stereocenters. The standard InChI is InChI=1S/C12H16F3N/c1-9(7-8-16-2)10-3-5-11(6-4-10)12(13,14)15/h3-6,9,16H,7-8H2,1-2H3. The van der Waals surface area contributed by atoms with Crippen LogP contribution in [-0.2, 0) is 6.18 Å². The molecular formula is C12H16F3N. The van der Waals surface area contributed by atoms with Crippen LogP contribution in [0.3, 0.4) is 0 Å². The molecule has 16 heavy (non-hydrogen) atoms. The number of rotatable bonds is 4. The zero-order valence-corrected chi connectivity index (χ0v) is 9.43. The van der Waals surface area contributed by atoms with Crippen LogP contribution < -0.4 is 5.32 Å². The number of halogens is 3. The summed E-state index contributed by atoms with van der Waals surface area (Å²) >= 11 is 0. The highest BCUT2D eigenvalue weighted by atomic mass is 19.4. The van der Waals surface area contributed by atoms with Gasteiger partial charge in [0.2, 0.25) is 0 Å². The van der Waals surface area contributed by atoms with Crippen LogP contribution >= 0.6 is 0 Å². The minimum Gasteiger partial charge on any atom is -0.320 e. The molecule has 1 nitrogen and oxygen atoms in total. The first-order chi connectivity index (χ1) is 7.45. The van der Waals surface area contributed by atoms with Gasteiger partial charge in [-0.2, -0.15) is 13.2 Å². The van der Waals surface area contributed by atoms with Gasteiger partial charge in [-0.25, -0.2) is 0 Å². The van der Waals surface area contributed by atoms with Gasteiger partial charge in [0.25, 0.3) is 0 Å². The van der Waals surface area contributed by atoms with Crippen molar-refractivity contribution in [2.75, 3.05) is 13.6 Å². The number of benzene rings is 1. The lowest BCUT2D eigenvalue weighted by atomic mass is 9.97.